The second kappa shape index (κ2) is 11.3. The van der Waals surface area contributed by atoms with Gasteiger partial charge in [-0.05, 0) is 56.5 Å². The van der Waals surface area contributed by atoms with Crippen LogP contribution in [0.3, 0.4) is 0 Å². The smallest absolute Gasteiger partial charge is 0.434 e. The molecular formula is C30H29F3N6O4S. The Kier molecular flexibility index (Phi) is 7.66. The fraction of sp³-hybridized carbons (Fsp3) is 0.367. The molecule has 0 radical (unpaired) electrons. The number of ether oxygens (including phenoxy) is 1. The Balaban J connectivity index is 1.50. The number of piperidine rings is 1. The average Bonchev–Trinajstić information content (AvgIpc) is 3.30. The third-order valence-electron chi connectivity index (χ3n) is 8.00. The minimum absolute atomic E-state index is 0.0568. The number of pyridine rings is 2. The Morgan fingerprint density at radius 3 is 2.55 bits per heavy atom. The third-order valence-corrected chi connectivity index (χ3v) is 8.87. The molecule has 44 heavy (non-hydrogen) atoms. The number of nitrogens with zero attached hydrogens (tertiary/aromatic N) is 4. The summed E-state index contributed by atoms with van der Waals surface area (Å²) in [5.41, 5.74) is 0.184. The molecule has 1 saturated heterocycles. The van der Waals surface area contributed by atoms with Crippen molar-refractivity contribution in [1.82, 2.24) is 24.8 Å². The van der Waals surface area contributed by atoms with Crippen molar-refractivity contribution < 1.29 is 27.5 Å². The van der Waals surface area contributed by atoms with Crippen molar-refractivity contribution in [3.8, 4) is 21.7 Å². The molecular weight excluding hydrogens is 597 g/mol. The van der Waals surface area contributed by atoms with Gasteiger partial charge in [0.05, 0.1) is 12.1 Å². The molecule has 2 aliphatic rings. The maximum absolute atomic E-state index is 13.7. The van der Waals surface area contributed by atoms with E-state index in [4.69, 9.17) is 4.74 Å². The van der Waals surface area contributed by atoms with Crippen LogP contribution in [0.4, 0.5) is 23.8 Å². The summed E-state index contributed by atoms with van der Waals surface area (Å²) in [7, 11) is 2.06. The lowest BCUT2D eigenvalue weighted by molar-refractivity contribution is -0.140. The Morgan fingerprint density at radius 2 is 1.89 bits per heavy atom. The van der Waals surface area contributed by atoms with Crippen molar-refractivity contribution >= 4 is 40.1 Å². The standard InChI is InChI=1S/C30H29F3N6O4S/c1-4-34-29(42)37-24-9-16(27-36-23(14-44-27)30(31,32)33)18(10-35-24)15-6-7-22-17(8-15)26(40)21(28(41)43-5-2)13-39(22)25-19-11-38(3)12-20(19)25/h6-10,13-14,19-20,25H,4-5,11-12H2,1-3H3,(H2,34,35,37,42)/t19-,20+,25-. The van der Waals surface area contributed by atoms with E-state index < -0.39 is 29.3 Å². The number of hydrogen-bond acceptors (Lipinski definition) is 8. The molecule has 3 atom stereocenters. The van der Waals surface area contributed by atoms with Crippen LogP contribution >= 0.6 is 11.3 Å². The minimum Gasteiger partial charge on any atom is -0.462 e. The summed E-state index contributed by atoms with van der Waals surface area (Å²) in [6.45, 7) is 5.70. The molecule has 0 unspecified atom stereocenters. The number of halogens is 3. The maximum Gasteiger partial charge on any atom is 0.434 e. The molecule has 1 aromatic carbocycles. The first-order chi connectivity index (χ1) is 21.0. The van der Waals surface area contributed by atoms with Gasteiger partial charge in [-0.3, -0.25) is 10.1 Å². The molecule has 10 nitrogen and oxygen atoms in total. The van der Waals surface area contributed by atoms with Crippen LogP contribution in [-0.4, -0.2) is 64.7 Å². The number of esters is 1. The zero-order valence-corrected chi connectivity index (χ0v) is 24.9. The number of alkyl halides is 3. The molecule has 6 rings (SSSR count). The predicted octanol–water partition coefficient (Wildman–Crippen LogP) is 5.26. The highest BCUT2D eigenvalue weighted by molar-refractivity contribution is 7.13. The number of hydrogen-bond donors (Lipinski definition) is 2. The molecule has 1 saturated carbocycles. The number of urea groups is 1. The van der Waals surface area contributed by atoms with E-state index in [1.807, 2.05) is 4.57 Å². The predicted molar refractivity (Wildman–Crippen MR) is 160 cm³/mol. The Bertz CT molecular complexity index is 1830. The van der Waals surface area contributed by atoms with Crippen LogP contribution in [0.1, 0.15) is 35.9 Å². The van der Waals surface area contributed by atoms with E-state index in [-0.39, 0.29) is 40.0 Å². The van der Waals surface area contributed by atoms with Crippen molar-refractivity contribution in [3.05, 3.63) is 63.5 Å². The number of rotatable bonds is 7. The van der Waals surface area contributed by atoms with E-state index in [1.165, 1.54) is 12.3 Å². The summed E-state index contributed by atoms with van der Waals surface area (Å²) in [6.07, 6.45) is -1.63. The lowest BCUT2D eigenvalue weighted by Crippen LogP contribution is -2.28. The van der Waals surface area contributed by atoms with Crippen LogP contribution in [0, 0.1) is 11.8 Å². The number of carbonyl (C=O) groups excluding carboxylic acids is 2. The average molecular weight is 627 g/mol. The summed E-state index contributed by atoms with van der Waals surface area (Å²) in [5.74, 6) is 0.186. The van der Waals surface area contributed by atoms with Crippen LogP contribution in [0.25, 0.3) is 32.6 Å². The van der Waals surface area contributed by atoms with Gasteiger partial charge in [-0.1, -0.05) is 6.07 Å². The fourth-order valence-electron chi connectivity index (χ4n) is 6.02. The van der Waals surface area contributed by atoms with Crippen LogP contribution in [-0.2, 0) is 10.9 Å². The van der Waals surface area contributed by atoms with Crippen LogP contribution in [0.15, 0.2) is 46.8 Å². The molecule has 230 valence electrons. The van der Waals surface area contributed by atoms with Gasteiger partial charge in [-0.25, -0.2) is 19.6 Å². The highest BCUT2D eigenvalue weighted by Crippen LogP contribution is 2.55. The van der Waals surface area contributed by atoms with Gasteiger partial charge in [-0.15, -0.1) is 11.3 Å². The molecule has 1 aliphatic carbocycles. The van der Waals surface area contributed by atoms with E-state index in [0.29, 0.717) is 35.0 Å². The van der Waals surface area contributed by atoms with E-state index in [1.54, 1.807) is 38.2 Å². The number of nitrogens with one attached hydrogen (secondary N) is 2. The zero-order valence-electron chi connectivity index (χ0n) is 24.1. The van der Waals surface area contributed by atoms with Gasteiger partial charge in [0, 0.05) is 60.0 Å². The van der Waals surface area contributed by atoms with Gasteiger partial charge in [0.15, 0.2) is 5.69 Å². The number of anilines is 1. The van der Waals surface area contributed by atoms with Crippen molar-refractivity contribution in [2.45, 2.75) is 26.1 Å². The summed E-state index contributed by atoms with van der Waals surface area (Å²) < 4.78 is 47.6. The Morgan fingerprint density at radius 1 is 1.14 bits per heavy atom. The van der Waals surface area contributed by atoms with E-state index >= 15 is 0 Å². The number of aromatic nitrogens is 3. The quantitative estimate of drug-likeness (QED) is 0.269. The van der Waals surface area contributed by atoms with E-state index in [0.717, 1.165) is 29.8 Å². The van der Waals surface area contributed by atoms with Gasteiger partial charge < -0.3 is 19.5 Å². The van der Waals surface area contributed by atoms with Gasteiger partial charge >= 0.3 is 18.2 Å². The van der Waals surface area contributed by atoms with Gasteiger partial charge in [0.2, 0.25) is 5.43 Å². The number of carbonyl (C=O) groups is 2. The molecule has 2 amide bonds. The van der Waals surface area contributed by atoms with Crippen molar-refractivity contribution in [2.75, 3.05) is 38.6 Å². The molecule has 2 N–H and O–H groups in total. The van der Waals surface area contributed by atoms with Crippen molar-refractivity contribution in [2.24, 2.45) is 11.8 Å². The summed E-state index contributed by atoms with van der Waals surface area (Å²) in [5, 5.41) is 6.41. The number of benzene rings is 1. The van der Waals surface area contributed by atoms with Gasteiger partial charge in [0.25, 0.3) is 0 Å². The largest absolute Gasteiger partial charge is 0.462 e. The minimum atomic E-state index is -4.64. The lowest BCUT2D eigenvalue weighted by atomic mass is 9.99. The Hall–Kier alpha value is -4.30. The van der Waals surface area contributed by atoms with Crippen LogP contribution in [0.5, 0.6) is 0 Å². The fourth-order valence-corrected chi connectivity index (χ4v) is 6.88. The molecule has 4 aromatic rings. The van der Waals surface area contributed by atoms with Crippen molar-refractivity contribution in [3.63, 3.8) is 0 Å². The number of thiazole rings is 1. The molecule has 4 heterocycles. The molecule has 1 aliphatic heterocycles. The highest BCUT2D eigenvalue weighted by atomic mass is 32.1. The maximum atomic E-state index is 13.7. The van der Waals surface area contributed by atoms with E-state index in [9.17, 15) is 27.6 Å². The van der Waals surface area contributed by atoms with Crippen molar-refractivity contribution in [1.29, 1.82) is 0 Å². The van der Waals surface area contributed by atoms with Gasteiger partial charge in [-0.2, -0.15) is 13.2 Å². The topological polar surface area (TPSA) is 118 Å². The summed E-state index contributed by atoms with van der Waals surface area (Å²) >= 11 is 0.801. The molecule has 3 aromatic heterocycles. The summed E-state index contributed by atoms with van der Waals surface area (Å²) in [6, 6.07) is 6.22. The second-order valence-electron chi connectivity index (χ2n) is 10.9. The number of fused-ring (bicyclic) bond motifs is 2. The molecule has 2 fully saturated rings. The lowest BCUT2D eigenvalue weighted by Gasteiger charge is -2.19. The molecule has 0 spiro atoms. The molecule has 14 heteroatoms. The van der Waals surface area contributed by atoms with Crippen LogP contribution < -0.4 is 16.1 Å². The molecule has 0 bridgehead atoms. The zero-order chi connectivity index (χ0) is 31.3. The second-order valence-corrected chi connectivity index (χ2v) is 11.8. The SMILES string of the molecule is CCNC(=O)Nc1cc(-c2nc(C(F)(F)F)cs2)c(-c2ccc3c(c2)c(=O)c(C(=O)OCC)cn3[C@@H]2[C@@H]3CN(C)C[C@@H]32)cn1. The first-order valence-corrected chi connectivity index (χ1v) is 15.0. The third kappa shape index (κ3) is 5.43. The normalized spacial score (nSPS) is 19.5. The number of likely N-dealkylation sites (tertiary alicyclic amines) is 1. The van der Waals surface area contributed by atoms with E-state index in [2.05, 4.69) is 32.5 Å². The first kappa shape index (κ1) is 29.8. The summed E-state index contributed by atoms with van der Waals surface area (Å²) in [4.78, 5) is 49.1. The Labute approximate surface area is 253 Å². The number of amides is 2. The van der Waals surface area contributed by atoms with Crippen LogP contribution in [0.2, 0.25) is 0 Å². The first-order valence-electron chi connectivity index (χ1n) is 14.1. The van der Waals surface area contributed by atoms with Gasteiger partial charge in [0.1, 0.15) is 16.4 Å². The highest BCUT2D eigenvalue weighted by Gasteiger charge is 2.56. The monoisotopic (exact) mass is 626 g/mol.